The summed E-state index contributed by atoms with van der Waals surface area (Å²) in [6.45, 7) is 0. The standard InChI is InChI=1S/C13H9BrClFN2O/c14-11-6-9(16)1-2-12(11)18-13(19)7-3-8(15)5-10(17)4-7/h1-6H,17H2,(H,18,19). The van der Waals surface area contributed by atoms with E-state index in [1.165, 1.54) is 30.3 Å². The number of hydrogen-bond donors (Lipinski definition) is 2. The van der Waals surface area contributed by atoms with Gasteiger partial charge in [0.1, 0.15) is 5.82 Å². The topological polar surface area (TPSA) is 55.1 Å². The van der Waals surface area contributed by atoms with Crippen LogP contribution in [-0.2, 0) is 0 Å². The van der Waals surface area contributed by atoms with Gasteiger partial charge in [0.15, 0.2) is 0 Å². The summed E-state index contributed by atoms with van der Waals surface area (Å²) in [5.74, 6) is -0.765. The van der Waals surface area contributed by atoms with E-state index in [9.17, 15) is 9.18 Å². The van der Waals surface area contributed by atoms with E-state index in [1.807, 2.05) is 0 Å². The van der Waals surface area contributed by atoms with Crippen LogP contribution >= 0.6 is 27.5 Å². The van der Waals surface area contributed by atoms with Crippen molar-refractivity contribution in [3.05, 3.63) is 57.3 Å². The number of anilines is 2. The zero-order valence-corrected chi connectivity index (χ0v) is 11.9. The maximum Gasteiger partial charge on any atom is 0.255 e. The minimum Gasteiger partial charge on any atom is -0.399 e. The first-order chi connectivity index (χ1) is 8.95. The molecule has 0 aromatic heterocycles. The molecule has 19 heavy (non-hydrogen) atoms. The minimum atomic E-state index is -0.392. The fourth-order valence-corrected chi connectivity index (χ4v) is 2.22. The molecule has 0 atom stereocenters. The lowest BCUT2D eigenvalue weighted by Gasteiger charge is -2.08. The van der Waals surface area contributed by atoms with Gasteiger partial charge in [-0.1, -0.05) is 11.6 Å². The normalized spacial score (nSPS) is 10.3. The maximum absolute atomic E-state index is 12.9. The number of carbonyl (C=O) groups excluding carboxylic acids is 1. The molecule has 0 heterocycles. The van der Waals surface area contributed by atoms with E-state index in [4.69, 9.17) is 17.3 Å². The van der Waals surface area contributed by atoms with Crippen LogP contribution in [0.5, 0.6) is 0 Å². The van der Waals surface area contributed by atoms with Crippen molar-refractivity contribution in [3.8, 4) is 0 Å². The molecule has 98 valence electrons. The molecule has 3 N–H and O–H groups in total. The monoisotopic (exact) mass is 342 g/mol. The van der Waals surface area contributed by atoms with Crippen LogP contribution in [0.3, 0.4) is 0 Å². The smallest absolute Gasteiger partial charge is 0.255 e. The molecule has 0 spiro atoms. The third-order valence-corrected chi connectivity index (χ3v) is 3.24. The van der Waals surface area contributed by atoms with Crippen LogP contribution in [0.1, 0.15) is 10.4 Å². The summed E-state index contributed by atoms with van der Waals surface area (Å²) in [5.41, 5.74) is 6.81. The van der Waals surface area contributed by atoms with Crippen molar-refractivity contribution in [1.82, 2.24) is 0 Å². The predicted molar refractivity (Wildman–Crippen MR) is 77.9 cm³/mol. The molecule has 6 heteroatoms. The van der Waals surface area contributed by atoms with E-state index >= 15 is 0 Å². The number of hydrogen-bond acceptors (Lipinski definition) is 2. The molecule has 2 aromatic rings. The van der Waals surface area contributed by atoms with E-state index < -0.39 is 5.82 Å². The van der Waals surface area contributed by atoms with Crippen molar-refractivity contribution in [3.63, 3.8) is 0 Å². The van der Waals surface area contributed by atoms with Gasteiger partial charge in [-0.05, 0) is 52.3 Å². The molecular formula is C13H9BrClFN2O. The van der Waals surface area contributed by atoms with Crippen molar-refractivity contribution >= 4 is 44.8 Å². The summed E-state index contributed by atoms with van der Waals surface area (Å²) >= 11 is 9.00. The Morgan fingerprint density at radius 2 is 2.00 bits per heavy atom. The largest absolute Gasteiger partial charge is 0.399 e. The van der Waals surface area contributed by atoms with Gasteiger partial charge < -0.3 is 11.1 Å². The molecule has 2 rings (SSSR count). The van der Waals surface area contributed by atoms with Crippen LogP contribution in [0.25, 0.3) is 0 Å². The molecule has 0 aliphatic heterocycles. The summed E-state index contributed by atoms with van der Waals surface area (Å²) < 4.78 is 13.4. The third-order valence-electron chi connectivity index (χ3n) is 2.36. The number of carbonyl (C=O) groups is 1. The van der Waals surface area contributed by atoms with Gasteiger partial charge in [-0.2, -0.15) is 0 Å². The summed E-state index contributed by atoms with van der Waals surface area (Å²) in [7, 11) is 0. The molecule has 1 amide bonds. The highest BCUT2D eigenvalue weighted by atomic mass is 79.9. The molecule has 0 fully saturated rings. The molecule has 3 nitrogen and oxygen atoms in total. The Morgan fingerprint density at radius 1 is 1.26 bits per heavy atom. The Morgan fingerprint density at radius 3 is 2.63 bits per heavy atom. The first-order valence-electron chi connectivity index (χ1n) is 5.28. The Hall–Kier alpha value is -1.59. The third kappa shape index (κ3) is 3.45. The second-order valence-corrected chi connectivity index (χ2v) is 5.14. The van der Waals surface area contributed by atoms with Crippen LogP contribution < -0.4 is 11.1 Å². The summed E-state index contributed by atoms with van der Waals surface area (Å²) in [6, 6.07) is 8.55. The zero-order valence-electron chi connectivity index (χ0n) is 9.58. The summed E-state index contributed by atoms with van der Waals surface area (Å²) in [4.78, 5) is 12.0. The Balaban J connectivity index is 2.25. The molecule has 0 saturated heterocycles. The molecule has 0 radical (unpaired) electrons. The molecular weight excluding hydrogens is 335 g/mol. The highest BCUT2D eigenvalue weighted by Gasteiger charge is 2.10. The Kier molecular flexibility index (Phi) is 4.07. The van der Waals surface area contributed by atoms with Gasteiger partial charge in [0.05, 0.1) is 5.69 Å². The van der Waals surface area contributed by atoms with Crippen molar-refractivity contribution in [1.29, 1.82) is 0 Å². The van der Waals surface area contributed by atoms with Crippen LogP contribution in [0.2, 0.25) is 5.02 Å². The van der Waals surface area contributed by atoms with Crippen molar-refractivity contribution < 1.29 is 9.18 Å². The fraction of sp³-hybridized carbons (Fsp3) is 0. The van der Waals surface area contributed by atoms with E-state index in [0.717, 1.165) is 0 Å². The average Bonchev–Trinajstić information content (AvgIpc) is 2.31. The lowest BCUT2D eigenvalue weighted by atomic mass is 10.2. The van der Waals surface area contributed by atoms with Crippen LogP contribution in [0.15, 0.2) is 40.9 Å². The Bertz CT molecular complexity index is 628. The van der Waals surface area contributed by atoms with E-state index in [-0.39, 0.29) is 5.91 Å². The first kappa shape index (κ1) is 13.8. The van der Waals surface area contributed by atoms with Crippen molar-refractivity contribution in [2.75, 3.05) is 11.1 Å². The highest BCUT2D eigenvalue weighted by Crippen LogP contribution is 2.24. The SMILES string of the molecule is Nc1cc(Cl)cc(C(=O)Nc2ccc(F)cc2Br)c1. The molecule has 2 aromatic carbocycles. The first-order valence-corrected chi connectivity index (χ1v) is 6.45. The van der Waals surface area contributed by atoms with Gasteiger partial charge in [-0.15, -0.1) is 0 Å². The molecule has 0 saturated carbocycles. The number of rotatable bonds is 2. The second-order valence-electron chi connectivity index (χ2n) is 3.85. The van der Waals surface area contributed by atoms with Gasteiger partial charge in [-0.25, -0.2) is 4.39 Å². The van der Waals surface area contributed by atoms with Crippen LogP contribution in [-0.4, -0.2) is 5.91 Å². The number of amides is 1. The van der Waals surface area contributed by atoms with Gasteiger partial charge in [0.25, 0.3) is 5.91 Å². The lowest BCUT2D eigenvalue weighted by Crippen LogP contribution is -2.12. The van der Waals surface area contributed by atoms with Gasteiger partial charge in [0, 0.05) is 20.7 Å². The average molecular weight is 344 g/mol. The number of nitrogens with one attached hydrogen (secondary N) is 1. The molecule has 0 aliphatic rings. The van der Waals surface area contributed by atoms with Gasteiger partial charge in [0.2, 0.25) is 0 Å². The second kappa shape index (κ2) is 5.59. The molecule has 0 unspecified atom stereocenters. The number of nitrogen functional groups attached to an aromatic ring is 1. The molecule has 0 bridgehead atoms. The lowest BCUT2D eigenvalue weighted by molar-refractivity contribution is 0.102. The number of halogens is 3. The number of benzene rings is 2. The minimum absolute atomic E-state index is 0.334. The molecule has 0 aliphatic carbocycles. The fourth-order valence-electron chi connectivity index (χ4n) is 1.53. The zero-order chi connectivity index (χ0) is 14.0. The maximum atomic E-state index is 12.9. The summed E-state index contributed by atoms with van der Waals surface area (Å²) in [6.07, 6.45) is 0. The highest BCUT2D eigenvalue weighted by molar-refractivity contribution is 9.10. The van der Waals surface area contributed by atoms with E-state index in [1.54, 1.807) is 6.07 Å². The van der Waals surface area contributed by atoms with Crippen molar-refractivity contribution in [2.24, 2.45) is 0 Å². The van der Waals surface area contributed by atoms with E-state index in [2.05, 4.69) is 21.2 Å². The van der Waals surface area contributed by atoms with Gasteiger partial charge >= 0.3 is 0 Å². The van der Waals surface area contributed by atoms with Gasteiger partial charge in [-0.3, -0.25) is 4.79 Å². The summed E-state index contributed by atoms with van der Waals surface area (Å²) in [5, 5.41) is 3.02. The quantitative estimate of drug-likeness (QED) is 0.807. The predicted octanol–water partition coefficient (Wildman–Crippen LogP) is 4.08. The van der Waals surface area contributed by atoms with Crippen LogP contribution in [0.4, 0.5) is 15.8 Å². The van der Waals surface area contributed by atoms with E-state index in [0.29, 0.717) is 26.4 Å². The Labute approximate surface area is 122 Å². The number of nitrogens with two attached hydrogens (primary N) is 1. The van der Waals surface area contributed by atoms with Crippen molar-refractivity contribution in [2.45, 2.75) is 0 Å². The van der Waals surface area contributed by atoms with Crippen LogP contribution in [0, 0.1) is 5.82 Å².